The van der Waals surface area contributed by atoms with E-state index in [4.69, 9.17) is 10.5 Å². The Morgan fingerprint density at radius 1 is 1.37 bits per heavy atom. The smallest absolute Gasteiger partial charge is 0.191 e. The van der Waals surface area contributed by atoms with Crippen molar-refractivity contribution >= 4 is 5.96 Å². The van der Waals surface area contributed by atoms with E-state index < -0.39 is 0 Å². The molecule has 0 saturated carbocycles. The molecule has 1 aromatic rings. The third-order valence-corrected chi connectivity index (χ3v) is 3.23. The van der Waals surface area contributed by atoms with Gasteiger partial charge >= 0.3 is 0 Å². The molecule has 0 unspecified atom stereocenters. The van der Waals surface area contributed by atoms with E-state index in [0.29, 0.717) is 12.5 Å². The zero-order valence-electron chi connectivity index (χ0n) is 12.5. The molecule has 0 amide bonds. The first-order valence-corrected chi connectivity index (χ1v) is 6.59. The number of methoxy groups -OCH3 is 1. The minimum Gasteiger partial charge on any atom is -0.496 e. The molecule has 0 aromatic carbocycles. The maximum atomic E-state index is 5.95. The van der Waals surface area contributed by atoms with Gasteiger partial charge in [0.25, 0.3) is 0 Å². The average Bonchev–Trinajstić information content (AvgIpc) is 2.40. The summed E-state index contributed by atoms with van der Waals surface area (Å²) in [7, 11) is 1.67. The molecule has 0 atom stereocenters. The van der Waals surface area contributed by atoms with Crippen LogP contribution in [0, 0.1) is 13.8 Å². The van der Waals surface area contributed by atoms with Crippen molar-refractivity contribution in [1.29, 1.82) is 0 Å². The van der Waals surface area contributed by atoms with Gasteiger partial charge in [-0.25, -0.2) is 4.99 Å². The molecule has 0 aliphatic heterocycles. The van der Waals surface area contributed by atoms with Gasteiger partial charge in [0.15, 0.2) is 5.96 Å². The third kappa shape index (κ3) is 3.59. The van der Waals surface area contributed by atoms with Crippen molar-refractivity contribution < 1.29 is 4.74 Å². The van der Waals surface area contributed by atoms with Crippen molar-refractivity contribution in [2.45, 2.75) is 34.2 Å². The second kappa shape index (κ2) is 6.97. The molecule has 0 bridgehead atoms. The average molecular weight is 264 g/mol. The number of aryl methyl sites for hydroxylation is 1. The molecule has 2 N–H and O–H groups in total. The Balaban J connectivity index is 2.92. The standard InChI is InChI=1S/C14H24N4O/c1-6-18(7-2)14(15)17-9-12-11(4)13(19-5)10(3)8-16-12/h8H,6-7,9H2,1-5H3,(H2,15,17). The summed E-state index contributed by atoms with van der Waals surface area (Å²) in [5.41, 5.74) is 8.91. The van der Waals surface area contributed by atoms with Gasteiger partial charge in [-0.05, 0) is 27.7 Å². The SMILES string of the molecule is CCN(CC)C(N)=NCc1ncc(C)c(OC)c1C. The van der Waals surface area contributed by atoms with Gasteiger partial charge in [0.1, 0.15) is 5.75 Å². The Morgan fingerprint density at radius 2 is 2.00 bits per heavy atom. The first-order chi connectivity index (χ1) is 9.04. The first-order valence-electron chi connectivity index (χ1n) is 6.59. The molecule has 0 aliphatic rings. The summed E-state index contributed by atoms with van der Waals surface area (Å²) < 4.78 is 5.38. The number of nitrogens with zero attached hydrogens (tertiary/aromatic N) is 3. The van der Waals surface area contributed by atoms with Gasteiger partial charge in [0.05, 0.1) is 19.3 Å². The number of hydrogen-bond acceptors (Lipinski definition) is 3. The van der Waals surface area contributed by atoms with E-state index >= 15 is 0 Å². The number of ether oxygens (including phenoxy) is 1. The molecule has 106 valence electrons. The van der Waals surface area contributed by atoms with Crippen LogP contribution in [-0.2, 0) is 6.54 Å². The van der Waals surface area contributed by atoms with Crippen LogP contribution >= 0.6 is 0 Å². The van der Waals surface area contributed by atoms with E-state index in [1.165, 1.54) is 0 Å². The predicted molar refractivity (Wildman–Crippen MR) is 78.5 cm³/mol. The van der Waals surface area contributed by atoms with Gasteiger partial charge in [0.2, 0.25) is 0 Å². The molecule has 0 saturated heterocycles. The zero-order chi connectivity index (χ0) is 14.4. The normalized spacial score (nSPS) is 11.5. The van der Waals surface area contributed by atoms with Crippen LogP contribution in [0.1, 0.15) is 30.7 Å². The zero-order valence-corrected chi connectivity index (χ0v) is 12.5. The van der Waals surface area contributed by atoms with E-state index in [1.54, 1.807) is 7.11 Å². The van der Waals surface area contributed by atoms with Crippen LogP contribution in [0.5, 0.6) is 5.75 Å². The summed E-state index contributed by atoms with van der Waals surface area (Å²) in [5.74, 6) is 1.44. The maximum Gasteiger partial charge on any atom is 0.191 e. The molecule has 5 heteroatoms. The van der Waals surface area contributed by atoms with E-state index in [0.717, 1.165) is 35.7 Å². The van der Waals surface area contributed by atoms with Crippen molar-refractivity contribution in [1.82, 2.24) is 9.88 Å². The number of aromatic nitrogens is 1. The van der Waals surface area contributed by atoms with Gasteiger partial charge in [-0.3, -0.25) is 4.98 Å². The lowest BCUT2D eigenvalue weighted by molar-refractivity contribution is 0.407. The summed E-state index contributed by atoms with van der Waals surface area (Å²) >= 11 is 0. The summed E-state index contributed by atoms with van der Waals surface area (Å²) in [6.45, 7) is 10.3. The van der Waals surface area contributed by atoms with Crippen LogP contribution in [0.2, 0.25) is 0 Å². The lowest BCUT2D eigenvalue weighted by atomic mass is 10.1. The summed E-state index contributed by atoms with van der Waals surface area (Å²) in [6.07, 6.45) is 1.81. The van der Waals surface area contributed by atoms with Crippen molar-refractivity contribution in [3.05, 3.63) is 23.0 Å². The topological polar surface area (TPSA) is 63.7 Å². The van der Waals surface area contributed by atoms with Gasteiger partial charge in [-0.2, -0.15) is 0 Å². The summed E-state index contributed by atoms with van der Waals surface area (Å²) in [4.78, 5) is 10.8. The molecule has 1 aromatic heterocycles. The van der Waals surface area contributed by atoms with E-state index in [1.807, 2.05) is 24.9 Å². The molecule has 19 heavy (non-hydrogen) atoms. The molecule has 1 heterocycles. The number of nitrogens with two attached hydrogens (primary N) is 1. The quantitative estimate of drug-likeness (QED) is 0.651. The van der Waals surface area contributed by atoms with Crippen LogP contribution in [0.3, 0.4) is 0 Å². The lowest BCUT2D eigenvalue weighted by Crippen LogP contribution is -2.37. The van der Waals surface area contributed by atoms with Gasteiger partial charge < -0.3 is 15.4 Å². The minimum atomic E-state index is 0.477. The van der Waals surface area contributed by atoms with Crippen LogP contribution in [-0.4, -0.2) is 36.0 Å². The number of pyridine rings is 1. The molecule has 0 aliphatic carbocycles. The number of rotatable bonds is 5. The van der Waals surface area contributed by atoms with Crippen molar-refractivity contribution in [2.75, 3.05) is 20.2 Å². The highest BCUT2D eigenvalue weighted by Crippen LogP contribution is 2.24. The Labute approximate surface area is 115 Å². The van der Waals surface area contributed by atoms with Crippen LogP contribution in [0.25, 0.3) is 0 Å². The first kappa shape index (κ1) is 15.3. The Morgan fingerprint density at radius 3 is 2.53 bits per heavy atom. The van der Waals surface area contributed by atoms with Crippen LogP contribution in [0.4, 0.5) is 0 Å². The summed E-state index contributed by atoms with van der Waals surface area (Å²) in [6, 6.07) is 0. The summed E-state index contributed by atoms with van der Waals surface area (Å²) in [5, 5.41) is 0. The number of aliphatic imine (C=N–C) groups is 1. The second-order valence-electron chi connectivity index (χ2n) is 4.39. The van der Waals surface area contributed by atoms with Crippen molar-refractivity contribution in [2.24, 2.45) is 10.7 Å². The predicted octanol–water partition coefficient (Wildman–Crippen LogP) is 1.86. The van der Waals surface area contributed by atoms with Crippen LogP contribution in [0.15, 0.2) is 11.2 Å². The van der Waals surface area contributed by atoms with Crippen molar-refractivity contribution in [3.8, 4) is 5.75 Å². The monoisotopic (exact) mass is 264 g/mol. The fourth-order valence-corrected chi connectivity index (χ4v) is 2.03. The highest BCUT2D eigenvalue weighted by molar-refractivity contribution is 5.78. The third-order valence-electron chi connectivity index (χ3n) is 3.23. The highest BCUT2D eigenvalue weighted by atomic mass is 16.5. The van der Waals surface area contributed by atoms with Gasteiger partial charge in [0, 0.05) is 30.4 Å². The highest BCUT2D eigenvalue weighted by Gasteiger charge is 2.09. The Kier molecular flexibility index (Phi) is 5.60. The van der Waals surface area contributed by atoms with Crippen LogP contribution < -0.4 is 10.5 Å². The molecule has 0 fully saturated rings. The molecule has 5 nitrogen and oxygen atoms in total. The van der Waals surface area contributed by atoms with Gasteiger partial charge in [-0.1, -0.05) is 0 Å². The lowest BCUT2D eigenvalue weighted by Gasteiger charge is -2.19. The largest absolute Gasteiger partial charge is 0.496 e. The van der Waals surface area contributed by atoms with E-state index in [2.05, 4.69) is 23.8 Å². The molecule has 0 radical (unpaired) electrons. The molecular formula is C14H24N4O. The van der Waals surface area contributed by atoms with Gasteiger partial charge in [-0.15, -0.1) is 0 Å². The fourth-order valence-electron chi connectivity index (χ4n) is 2.03. The molecule has 1 rings (SSSR count). The Hall–Kier alpha value is -1.78. The van der Waals surface area contributed by atoms with Crippen molar-refractivity contribution in [3.63, 3.8) is 0 Å². The molecule has 0 spiro atoms. The fraction of sp³-hybridized carbons (Fsp3) is 0.571. The van der Waals surface area contributed by atoms with E-state index in [9.17, 15) is 0 Å². The number of hydrogen-bond donors (Lipinski definition) is 1. The number of guanidine groups is 1. The Bertz CT molecular complexity index is 453. The minimum absolute atomic E-state index is 0.477. The second-order valence-corrected chi connectivity index (χ2v) is 4.39. The maximum absolute atomic E-state index is 5.95. The molecular weight excluding hydrogens is 240 g/mol. The van der Waals surface area contributed by atoms with E-state index in [-0.39, 0.29) is 0 Å².